The smallest absolute Gasteiger partial charge is 0.193 e. The van der Waals surface area contributed by atoms with Gasteiger partial charge in [0.05, 0.1) is 0 Å². The Morgan fingerprint density at radius 3 is 1.90 bits per heavy atom. The van der Waals surface area contributed by atoms with Crippen molar-refractivity contribution in [3.05, 3.63) is 71.6 Å². The van der Waals surface area contributed by atoms with Crippen LogP contribution in [0.2, 0.25) is 5.02 Å². The number of rotatable bonds is 4. The number of carbonyl (C=O) groups excluding carboxylic acids is 1. The maximum absolute atomic E-state index is 12.3. The highest BCUT2D eigenvalue weighted by molar-refractivity contribution is 6.30. The van der Waals surface area contributed by atoms with E-state index in [1.807, 2.05) is 13.8 Å². The largest absolute Gasteiger partial charge is 0.520 e. The standard InChI is InChI=1S/C17H16ClO2/c1-17(2,3)20-15-10-6-13(7-11-15)16(19)12-4-8-14(18)9-5-12/h4-11H,1H2,2-3H3/q-1. The first kappa shape index (κ1) is 14.6. The molecule has 0 atom stereocenters. The molecular formula is C17H16ClO2-. The molecule has 0 radical (unpaired) electrons. The molecule has 2 rings (SSSR count). The summed E-state index contributed by atoms with van der Waals surface area (Å²) in [4.78, 5) is 12.3. The molecule has 2 nitrogen and oxygen atoms in total. The zero-order chi connectivity index (χ0) is 14.8. The van der Waals surface area contributed by atoms with Gasteiger partial charge >= 0.3 is 0 Å². The van der Waals surface area contributed by atoms with E-state index in [9.17, 15) is 4.79 Å². The number of ether oxygens (including phenoxy) is 1. The van der Waals surface area contributed by atoms with Crippen molar-refractivity contribution < 1.29 is 9.53 Å². The number of benzene rings is 2. The van der Waals surface area contributed by atoms with Crippen LogP contribution in [0.4, 0.5) is 0 Å². The summed E-state index contributed by atoms with van der Waals surface area (Å²) in [6.07, 6.45) is 0. The van der Waals surface area contributed by atoms with Crippen LogP contribution in [0.1, 0.15) is 29.8 Å². The molecule has 0 saturated heterocycles. The molecule has 0 aromatic heterocycles. The molecule has 0 fully saturated rings. The fraction of sp³-hybridized carbons (Fsp3) is 0.176. The monoisotopic (exact) mass is 287 g/mol. The van der Waals surface area contributed by atoms with Crippen LogP contribution in [0, 0.1) is 6.92 Å². The summed E-state index contributed by atoms with van der Waals surface area (Å²) in [5.41, 5.74) is 0.726. The van der Waals surface area contributed by atoms with Crippen LogP contribution in [0.25, 0.3) is 0 Å². The Labute approximate surface area is 124 Å². The highest BCUT2D eigenvalue weighted by Gasteiger charge is 2.10. The van der Waals surface area contributed by atoms with Gasteiger partial charge in [-0.3, -0.25) is 4.79 Å². The first-order chi connectivity index (χ1) is 9.35. The van der Waals surface area contributed by atoms with Crippen LogP contribution in [-0.4, -0.2) is 11.4 Å². The maximum Gasteiger partial charge on any atom is 0.193 e. The van der Waals surface area contributed by atoms with Crippen molar-refractivity contribution in [1.82, 2.24) is 0 Å². The Morgan fingerprint density at radius 2 is 1.45 bits per heavy atom. The van der Waals surface area contributed by atoms with Crippen LogP contribution < -0.4 is 4.74 Å². The second-order valence-corrected chi connectivity index (χ2v) is 5.66. The lowest BCUT2D eigenvalue weighted by molar-refractivity contribution is 0.103. The summed E-state index contributed by atoms with van der Waals surface area (Å²) >= 11 is 5.81. The average molecular weight is 288 g/mol. The van der Waals surface area contributed by atoms with Crippen LogP contribution in [0.3, 0.4) is 0 Å². The molecule has 0 aliphatic rings. The first-order valence-corrected chi connectivity index (χ1v) is 6.68. The molecule has 0 aliphatic heterocycles. The van der Waals surface area contributed by atoms with Gasteiger partial charge in [0.25, 0.3) is 0 Å². The van der Waals surface area contributed by atoms with Crippen LogP contribution >= 0.6 is 11.6 Å². The van der Waals surface area contributed by atoms with Crippen molar-refractivity contribution in [3.8, 4) is 5.75 Å². The molecule has 0 saturated carbocycles. The van der Waals surface area contributed by atoms with E-state index >= 15 is 0 Å². The second kappa shape index (κ2) is 5.68. The molecule has 3 heteroatoms. The van der Waals surface area contributed by atoms with Gasteiger partial charge < -0.3 is 11.7 Å². The fourth-order valence-corrected chi connectivity index (χ4v) is 1.89. The van der Waals surface area contributed by atoms with Crippen molar-refractivity contribution >= 4 is 17.4 Å². The Kier molecular flexibility index (Phi) is 4.15. The predicted molar refractivity (Wildman–Crippen MR) is 81.4 cm³/mol. The number of hydrogen-bond donors (Lipinski definition) is 0. The van der Waals surface area contributed by atoms with Crippen molar-refractivity contribution in [2.75, 3.05) is 0 Å². The molecule has 0 bridgehead atoms. The molecule has 0 amide bonds. The van der Waals surface area contributed by atoms with Gasteiger partial charge in [-0.25, -0.2) is 0 Å². The second-order valence-electron chi connectivity index (χ2n) is 5.22. The van der Waals surface area contributed by atoms with Gasteiger partial charge in [0, 0.05) is 16.1 Å². The van der Waals surface area contributed by atoms with E-state index in [2.05, 4.69) is 6.92 Å². The Morgan fingerprint density at radius 1 is 1.00 bits per heavy atom. The fourth-order valence-electron chi connectivity index (χ4n) is 1.76. The van der Waals surface area contributed by atoms with Gasteiger partial charge in [-0.15, -0.1) is 0 Å². The molecular weight excluding hydrogens is 272 g/mol. The topological polar surface area (TPSA) is 26.3 Å². The summed E-state index contributed by atoms with van der Waals surface area (Å²) < 4.78 is 5.62. The Balaban J connectivity index is 2.17. The predicted octanol–water partition coefficient (Wildman–Crippen LogP) is 4.56. The summed E-state index contributed by atoms with van der Waals surface area (Å²) in [6.45, 7) is 7.63. The van der Waals surface area contributed by atoms with Crippen molar-refractivity contribution in [3.63, 3.8) is 0 Å². The molecule has 2 aromatic carbocycles. The quantitative estimate of drug-likeness (QED) is 0.608. The van der Waals surface area contributed by atoms with Gasteiger partial charge in [0.2, 0.25) is 0 Å². The molecule has 0 heterocycles. The summed E-state index contributed by atoms with van der Waals surface area (Å²) in [7, 11) is 0. The summed E-state index contributed by atoms with van der Waals surface area (Å²) in [6, 6.07) is 13.9. The third-order valence-electron chi connectivity index (χ3n) is 2.62. The zero-order valence-electron chi connectivity index (χ0n) is 11.5. The number of ketones is 1. The van der Waals surface area contributed by atoms with Gasteiger partial charge in [-0.2, -0.15) is 0 Å². The van der Waals surface area contributed by atoms with E-state index < -0.39 is 5.60 Å². The zero-order valence-corrected chi connectivity index (χ0v) is 12.3. The summed E-state index contributed by atoms with van der Waals surface area (Å²) in [5, 5.41) is 0.614. The van der Waals surface area contributed by atoms with Gasteiger partial charge in [-0.05, 0) is 54.1 Å². The molecule has 104 valence electrons. The van der Waals surface area contributed by atoms with Crippen molar-refractivity contribution in [2.45, 2.75) is 19.4 Å². The van der Waals surface area contributed by atoms with Gasteiger partial charge in [-0.1, -0.05) is 25.4 Å². The minimum absolute atomic E-state index is 0.0397. The van der Waals surface area contributed by atoms with E-state index in [0.29, 0.717) is 21.9 Å². The van der Waals surface area contributed by atoms with E-state index in [0.717, 1.165) is 0 Å². The molecule has 0 N–H and O–H groups in total. The highest BCUT2D eigenvalue weighted by atomic mass is 35.5. The molecule has 0 aliphatic carbocycles. The number of halogens is 1. The van der Waals surface area contributed by atoms with Gasteiger partial charge in [0.1, 0.15) is 5.75 Å². The lowest BCUT2D eigenvalue weighted by atomic mass is 10.0. The lowest BCUT2D eigenvalue weighted by Gasteiger charge is -2.28. The van der Waals surface area contributed by atoms with E-state index in [1.165, 1.54) is 0 Å². The van der Waals surface area contributed by atoms with Gasteiger partial charge in [0.15, 0.2) is 5.78 Å². The van der Waals surface area contributed by atoms with Crippen LogP contribution in [0.5, 0.6) is 5.75 Å². The third kappa shape index (κ3) is 3.84. The lowest BCUT2D eigenvalue weighted by Crippen LogP contribution is -2.23. The van der Waals surface area contributed by atoms with Crippen LogP contribution in [-0.2, 0) is 0 Å². The van der Waals surface area contributed by atoms with E-state index in [1.54, 1.807) is 48.5 Å². The average Bonchev–Trinajstić information content (AvgIpc) is 2.38. The van der Waals surface area contributed by atoms with Crippen LogP contribution in [0.15, 0.2) is 48.5 Å². The normalized spacial score (nSPS) is 11.2. The van der Waals surface area contributed by atoms with E-state index in [4.69, 9.17) is 16.3 Å². The Hall–Kier alpha value is -1.80. The van der Waals surface area contributed by atoms with Crippen molar-refractivity contribution in [1.29, 1.82) is 0 Å². The highest BCUT2D eigenvalue weighted by Crippen LogP contribution is 2.20. The molecule has 20 heavy (non-hydrogen) atoms. The molecule has 2 aromatic rings. The minimum atomic E-state index is -0.498. The minimum Gasteiger partial charge on any atom is -0.520 e. The third-order valence-corrected chi connectivity index (χ3v) is 2.87. The number of hydrogen-bond acceptors (Lipinski definition) is 2. The summed E-state index contributed by atoms with van der Waals surface area (Å²) in [5.74, 6) is 0.653. The van der Waals surface area contributed by atoms with E-state index in [-0.39, 0.29) is 5.78 Å². The molecule has 0 unspecified atom stereocenters. The van der Waals surface area contributed by atoms with Crippen molar-refractivity contribution in [2.24, 2.45) is 0 Å². The SMILES string of the molecule is [CH2-]C(C)(C)Oc1ccc(C(=O)c2ccc(Cl)cc2)cc1. The molecule has 0 spiro atoms. The number of carbonyl (C=O) groups is 1. The Bertz CT molecular complexity index is 592. The first-order valence-electron chi connectivity index (χ1n) is 6.30. The maximum atomic E-state index is 12.3.